The van der Waals surface area contributed by atoms with Crippen LogP contribution in [0.15, 0.2) is 108 Å². The second kappa shape index (κ2) is 23.2. The van der Waals surface area contributed by atoms with Crippen molar-refractivity contribution in [2.75, 3.05) is 33.3 Å². The lowest BCUT2D eigenvalue weighted by Crippen LogP contribution is -2.58. The second-order valence-corrected chi connectivity index (χ2v) is 25.1. The molecule has 0 aromatic heterocycles. The molecule has 13 unspecified atom stereocenters. The van der Waals surface area contributed by atoms with Gasteiger partial charge in [-0.25, -0.2) is 0 Å². The summed E-state index contributed by atoms with van der Waals surface area (Å²) in [6, 6.07) is 23.9. The van der Waals surface area contributed by atoms with Gasteiger partial charge in [0.2, 0.25) is 0 Å². The minimum atomic E-state index is -0.391. The van der Waals surface area contributed by atoms with Crippen LogP contribution >= 0.6 is 0 Å². The number of benzene rings is 3. The minimum absolute atomic E-state index is 0.0357. The fraction of sp³-hybridized carbons (Fsp3) is 0.576. The number of methoxy groups -OCH3 is 1. The van der Waals surface area contributed by atoms with E-state index < -0.39 is 6.10 Å². The van der Waals surface area contributed by atoms with Gasteiger partial charge in [0, 0.05) is 37.8 Å². The van der Waals surface area contributed by atoms with Crippen molar-refractivity contribution in [3.63, 3.8) is 0 Å². The highest BCUT2D eigenvalue weighted by molar-refractivity contribution is 6.06. The Morgan fingerprint density at radius 1 is 0.934 bits per heavy atom. The van der Waals surface area contributed by atoms with Gasteiger partial charge in [0.15, 0.2) is 17.3 Å². The highest BCUT2D eigenvalue weighted by Crippen LogP contribution is 2.75. The maximum Gasteiger partial charge on any atom is 0.163 e. The van der Waals surface area contributed by atoms with Crippen molar-refractivity contribution in [1.29, 1.82) is 0 Å². The first-order chi connectivity index (χ1) is 37.0. The number of allylic oxidation sites excluding steroid dienone is 3. The number of carbonyl (C=O) groups excluding carboxylic acids is 2. The van der Waals surface area contributed by atoms with Crippen LogP contribution in [-0.2, 0) is 35.3 Å². The molecular weight excluding hydrogens is 943 g/mol. The standard InChI is InChI=1S/C66H87N5O5/c1-42(72)39-71-64-58-22-20-47-34-61(65(64)24-6-7-25-65)66(58,38-57-56-23-27-68-40-53(56)29-49-14-9-26-69-63(49)57)37-51(47)31-55(74)36-54(73)21-19-46-33-60(76-2)59(75)32-50(46)30-52-41-70-62(67)35-48(52)18-17-45-13-8-12-44(28-45)16-15-43-10-4-3-5-11-43/h3-5,8-14,19,21,28,32-33,35,41-42,47,49,51,53,56-58,61-64,68-72,75H,6-7,15-18,20,22-27,29-31,34,36-40,67H2,1-2H3. The molecule has 3 aliphatic heterocycles. The first-order valence-corrected chi connectivity index (χ1v) is 29.7. The Morgan fingerprint density at radius 2 is 1.72 bits per heavy atom. The molecule has 0 radical (unpaired) electrons. The molecule has 6 aliphatic carbocycles. The normalized spacial score (nSPS) is 32.5. The molecule has 9 aliphatic rings. The summed E-state index contributed by atoms with van der Waals surface area (Å²) in [6.07, 6.45) is 29.7. The van der Waals surface area contributed by atoms with Gasteiger partial charge in [-0.15, -0.1) is 0 Å². The summed E-state index contributed by atoms with van der Waals surface area (Å²) < 4.78 is 5.58. The lowest BCUT2D eigenvalue weighted by atomic mass is 9.50. The van der Waals surface area contributed by atoms with Crippen LogP contribution in [0.3, 0.4) is 0 Å². The molecule has 406 valence electrons. The molecule has 6 saturated carbocycles. The van der Waals surface area contributed by atoms with Crippen molar-refractivity contribution < 1.29 is 24.5 Å². The molecule has 0 amide bonds. The Morgan fingerprint density at radius 3 is 2.53 bits per heavy atom. The number of Topliss-reactive ketones (excluding diaryl/α,β-unsaturated/α-hetero) is 1. The van der Waals surface area contributed by atoms with Gasteiger partial charge in [-0.1, -0.05) is 85.7 Å². The largest absolute Gasteiger partial charge is 0.504 e. The van der Waals surface area contributed by atoms with Gasteiger partial charge in [0.25, 0.3) is 0 Å². The number of hydrogen-bond donors (Lipinski definition) is 7. The summed E-state index contributed by atoms with van der Waals surface area (Å²) in [4.78, 5) is 28.5. The Hall–Kier alpha value is -4.84. The predicted molar refractivity (Wildman–Crippen MR) is 303 cm³/mol. The number of nitrogens with two attached hydrogens (primary N) is 1. The Balaban J connectivity index is 0.792. The third-order valence-electron chi connectivity index (χ3n) is 20.8. The molecule has 8 N–H and O–H groups in total. The summed E-state index contributed by atoms with van der Waals surface area (Å²) in [7, 11) is 1.54. The van der Waals surface area contributed by atoms with Crippen LogP contribution in [0.5, 0.6) is 11.5 Å². The minimum Gasteiger partial charge on any atom is -0.504 e. The number of hydrogen-bond acceptors (Lipinski definition) is 10. The number of phenols is 1. The van der Waals surface area contributed by atoms with Crippen LogP contribution in [0.1, 0.15) is 125 Å². The van der Waals surface area contributed by atoms with Gasteiger partial charge in [-0.3, -0.25) is 9.59 Å². The number of aromatic hydroxyl groups is 1. The summed E-state index contributed by atoms with van der Waals surface area (Å²) in [6.45, 7) is 5.74. The maximum atomic E-state index is 14.5. The SMILES string of the molecule is COc1cc(C=CC(=O)CC(=O)CC2CC3(CC4C5CCNCC5CC5C=CCNC54)C4CCC2CC3C2(CCCC2)C4NCC(C)O)c(CC2=CNC(N)C=C2CCc2cccc(CCc3ccccc3)c2)cc1O. The number of nitrogens with one attached hydrogen (secondary N) is 4. The molecule has 76 heavy (non-hydrogen) atoms. The van der Waals surface area contributed by atoms with E-state index in [-0.39, 0.29) is 46.7 Å². The maximum absolute atomic E-state index is 14.5. The highest BCUT2D eigenvalue weighted by Gasteiger charge is 2.71. The monoisotopic (exact) mass is 1030 g/mol. The predicted octanol–water partition coefficient (Wildman–Crippen LogP) is 9.72. The number of ether oxygens (including phenoxy) is 1. The van der Waals surface area contributed by atoms with E-state index in [2.05, 4.69) is 94.1 Å². The molecular formula is C66H87N5O5. The Bertz CT molecular complexity index is 2670. The Labute approximate surface area is 453 Å². The van der Waals surface area contributed by atoms with Crippen molar-refractivity contribution >= 4 is 17.6 Å². The van der Waals surface area contributed by atoms with Crippen LogP contribution in [0.25, 0.3) is 6.08 Å². The van der Waals surface area contributed by atoms with E-state index in [0.717, 1.165) is 80.4 Å². The van der Waals surface area contributed by atoms with Gasteiger partial charge < -0.3 is 42.0 Å². The summed E-state index contributed by atoms with van der Waals surface area (Å²) in [5.74, 6) is 4.71. The topological polar surface area (TPSA) is 158 Å². The average Bonchev–Trinajstić information content (AvgIpc) is 3.95. The first kappa shape index (κ1) is 53.2. The summed E-state index contributed by atoms with van der Waals surface area (Å²) >= 11 is 0. The number of fused-ring (bicyclic) bond motifs is 4. The van der Waals surface area contributed by atoms with Crippen molar-refractivity contribution in [3.05, 3.63) is 136 Å². The van der Waals surface area contributed by atoms with Crippen molar-refractivity contribution in [2.45, 2.75) is 147 Å². The number of phenolic OH excluding ortho intramolecular Hbond substituents is 1. The average molecular weight is 1030 g/mol. The highest BCUT2D eigenvalue weighted by atomic mass is 16.5. The van der Waals surface area contributed by atoms with Crippen LogP contribution in [-0.4, -0.2) is 79.4 Å². The molecule has 1 spiro atoms. The fourth-order valence-corrected chi connectivity index (χ4v) is 17.7. The first-order valence-electron chi connectivity index (χ1n) is 29.7. The molecule has 3 heterocycles. The zero-order valence-corrected chi connectivity index (χ0v) is 45.5. The van der Waals surface area contributed by atoms with Gasteiger partial charge in [0.05, 0.1) is 25.8 Å². The molecule has 10 heteroatoms. The number of ketones is 2. The molecule has 3 aromatic carbocycles. The fourth-order valence-electron chi connectivity index (χ4n) is 17.7. The van der Waals surface area contributed by atoms with E-state index in [1.807, 2.05) is 19.2 Å². The summed E-state index contributed by atoms with van der Waals surface area (Å²) in [5, 5.41) is 37.1. The molecule has 4 bridgehead atoms. The van der Waals surface area contributed by atoms with Gasteiger partial charge >= 0.3 is 0 Å². The number of dihydropyridines is 1. The van der Waals surface area contributed by atoms with Crippen molar-refractivity contribution in [1.82, 2.24) is 21.3 Å². The quantitative estimate of drug-likeness (QED) is 0.0330. The lowest BCUT2D eigenvalue weighted by Gasteiger charge is -2.56. The lowest BCUT2D eigenvalue weighted by molar-refractivity contribution is -0.127. The van der Waals surface area contributed by atoms with Crippen LogP contribution < -0.4 is 31.7 Å². The van der Waals surface area contributed by atoms with E-state index in [9.17, 15) is 19.8 Å². The number of carbonyl (C=O) groups is 2. The van der Waals surface area contributed by atoms with Gasteiger partial charge in [0.1, 0.15) is 5.78 Å². The van der Waals surface area contributed by atoms with Crippen LogP contribution in [0.2, 0.25) is 0 Å². The Kier molecular flexibility index (Phi) is 16.3. The molecule has 1 saturated heterocycles. The van der Waals surface area contributed by atoms with Crippen LogP contribution in [0.4, 0.5) is 0 Å². The van der Waals surface area contributed by atoms with E-state index in [1.165, 1.54) is 81.6 Å². The zero-order valence-electron chi connectivity index (χ0n) is 45.5. The number of rotatable bonds is 20. The smallest absolute Gasteiger partial charge is 0.163 e. The van der Waals surface area contributed by atoms with E-state index in [4.69, 9.17) is 10.5 Å². The van der Waals surface area contributed by atoms with Crippen molar-refractivity contribution in [2.24, 2.45) is 63.9 Å². The number of piperidine rings is 1. The third-order valence-corrected chi connectivity index (χ3v) is 20.8. The van der Waals surface area contributed by atoms with Gasteiger partial charge in [-0.2, -0.15) is 0 Å². The number of aryl methyl sites for hydroxylation is 3. The summed E-state index contributed by atoms with van der Waals surface area (Å²) in [5.41, 5.74) is 14.6. The van der Waals surface area contributed by atoms with Crippen molar-refractivity contribution in [3.8, 4) is 11.5 Å². The van der Waals surface area contributed by atoms with E-state index in [1.54, 1.807) is 18.2 Å². The molecule has 10 nitrogen and oxygen atoms in total. The molecule has 12 rings (SSSR count). The van der Waals surface area contributed by atoms with E-state index in [0.29, 0.717) is 78.6 Å². The molecule has 3 aromatic rings. The number of aliphatic hydroxyl groups excluding tert-OH is 1. The van der Waals surface area contributed by atoms with Gasteiger partial charge in [-0.05, 0) is 231 Å². The third kappa shape index (κ3) is 11.1. The number of aliphatic hydroxyl groups is 1. The van der Waals surface area contributed by atoms with Crippen LogP contribution in [0, 0.1) is 58.2 Å². The molecule has 7 fully saturated rings. The second-order valence-electron chi connectivity index (χ2n) is 25.1. The zero-order chi connectivity index (χ0) is 52.4. The molecule has 13 atom stereocenters. The van der Waals surface area contributed by atoms with E-state index >= 15 is 0 Å².